The van der Waals surface area contributed by atoms with Gasteiger partial charge in [0.2, 0.25) is 10.0 Å². The zero-order valence-corrected chi connectivity index (χ0v) is 14.3. The first-order valence-corrected chi connectivity index (χ1v) is 8.57. The molecule has 0 radical (unpaired) electrons. The summed E-state index contributed by atoms with van der Waals surface area (Å²) < 4.78 is 40.7. The number of hydrogen-bond acceptors (Lipinski definition) is 3. The van der Waals surface area contributed by atoms with Gasteiger partial charge in [0.1, 0.15) is 10.7 Å². The second-order valence-electron chi connectivity index (χ2n) is 5.09. The normalized spacial score (nSPS) is 12.4. The van der Waals surface area contributed by atoms with Crippen molar-refractivity contribution in [3.63, 3.8) is 0 Å². The van der Waals surface area contributed by atoms with Gasteiger partial charge >= 0.3 is 0 Å². The highest BCUT2D eigenvalue weighted by Gasteiger charge is 2.26. The van der Waals surface area contributed by atoms with Crippen molar-refractivity contribution >= 4 is 26.0 Å². The zero-order valence-electron chi connectivity index (χ0n) is 11.9. The van der Waals surface area contributed by atoms with Crippen LogP contribution in [0.15, 0.2) is 21.5 Å². The highest BCUT2D eigenvalue weighted by atomic mass is 79.9. The van der Waals surface area contributed by atoms with Gasteiger partial charge in [0.15, 0.2) is 0 Å². The molecule has 0 heterocycles. The van der Waals surface area contributed by atoms with Crippen molar-refractivity contribution in [1.82, 2.24) is 4.31 Å². The second-order valence-corrected chi connectivity index (χ2v) is 8.02. The first kappa shape index (κ1) is 17.6. The van der Waals surface area contributed by atoms with E-state index < -0.39 is 15.8 Å². The van der Waals surface area contributed by atoms with E-state index in [0.29, 0.717) is 16.9 Å². The second kappa shape index (κ2) is 6.98. The van der Waals surface area contributed by atoms with Crippen LogP contribution in [0.4, 0.5) is 4.39 Å². The third-order valence-corrected chi connectivity index (χ3v) is 5.32. The summed E-state index contributed by atoms with van der Waals surface area (Å²) in [5.74, 6) is -0.397. The number of hydrogen-bond donors (Lipinski definition) is 1. The van der Waals surface area contributed by atoms with Crippen LogP contribution in [0.3, 0.4) is 0 Å². The van der Waals surface area contributed by atoms with E-state index in [-0.39, 0.29) is 17.0 Å². The molecule has 1 aromatic rings. The molecule has 0 aliphatic carbocycles. The Labute approximate surface area is 128 Å². The summed E-state index contributed by atoms with van der Waals surface area (Å²) in [7, 11) is -2.39. The minimum absolute atomic E-state index is 0.0521. The lowest BCUT2D eigenvalue weighted by Gasteiger charge is -2.19. The molecule has 1 rings (SSSR count). The van der Waals surface area contributed by atoms with Gasteiger partial charge in [-0.15, -0.1) is 0 Å². The van der Waals surface area contributed by atoms with Gasteiger partial charge in [0.05, 0.1) is 0 Å². The number of sulfonamides is 1. The van der Waals surface area contributed by atoms with Crippen molar-refractivity contribution in [2.75, 3.05) is 13.6 Å². The van der Waals surface area contributed by atoms with Crippen molar-refractivity contribution in [3.8, 4) is 0 Å². The molecule has 0 amide bonds. The molecular weight excluding hydrogens is 347 g/mol. The Kier molecular flexibility index (Phi) is 6.12. The molecule has 0 aliphatic rings. The molecule has 7 heteroatoms. The Bertz CT molecular complexity index is 576. The molecule has 0 unspecified atom stereocenters. The summed E-state index contributed by atoms with van der Waals surface area (Å²) in [6.07, 6.45) is 0.717. The van der Waals surface area contributed by atoms with Gasteiger partial charge in [-0.25, -0.2) is 17.1 Å². The number of nitrogens with two attached hydrogens (primary N) is 1. The fourth-order valence-electron chi connectivity index (χ4n) is 1.68. The highest BCUT2D eigenvalue weighted by Crippen LogP contribution is 2.26. The Morgan fingerprint density at radius 2 is 2.00 bits per heavy atom. The number of rotatable bonds is 6. The molecule has 4 nitrogen and oxygen atoms in total. The molecule has 0 saturated carbocycles. The molecule has 0 saturated heterocycles. The predicted octanol–water partition coefficient (Wildman–Crippen LogP) is 2.71. The van der Waals surface area contributed by atoms with E-state index in [4.69, 9.17) is 5.73 Å². The monoisotopic (exact) mass is 366 g/mol. The third kappa shape index (κ3) is 4.00. The largest absolute Gasteiger partial charge is 0.326 e. The molecule has 0 bridgehead atoms. The Morgan fingerprint density at radius 3 is 2.50 bits per heavy atom. The van der Waals surface area contributed by atoms with Crippen LogP contribution in [0.1, 0.15) is 25.8 Å². The van der Waals surface area contributed by atoms with Crippen LogP contribution in [-0.2, 0) is 16.6 Å². The van der Waals surface area contributed by atoms with E-state index in [9.17, 15) is 12.8 Å². The standard InChI is InChI=1S/C13H20BrFN2O2S/c1-9(2)4-5-17(3)20(18,19)12-7-11(14)6-10(8-16)13(12)15/h6-7,9H,4-5,8,16H2,1-3H3. The summed E-state index contributed by atoms with van der Waals surface area (Å²) >= 11 is 3.19. The predicted molar refractivity (Wildman–Crippen MR) is 81.3 cm³/mol. The van der Waals surface area contributed by atoms with Crippen molar-refractivity contribution in [2.45, 2.75) is 31.7 Å². The molecule has 20 heavy (non-hydrogen) atoms. The summed E-state index contributed by atoms with van der Waals surface area (Å²) in [5, 5.41) is 0. The Balaban J connectivity index is 3.18. The van der Waals surface area contributed by atoms with Crippen molar-refractivity contribution in [2.24, 2.45) is 11.7 Å². The van der Waals surface area contributed by atoms with Crippen molar-refractivity contribution in [1.29, 1.82) is 0 Å². The molecule has 0 fully saturated rings. The van der Waals surface area contributed by atoms with Gasteiger partial charge in [-0.3, -0.25) is 0 Å². The maximum atomic E-state index is 14.2. The maximum absolute atomic E-state index is 14.2. The number of nitrogens with zero attached hydrogens (tertiary/aromatic N) is 1. The summed E-state index contributed by atoms with van der Waals surface area (Å²) in [6.45, 7) is 4.31. The van der Waals surface area contributed by atoms with Crippen LogP contribution in [0, 0.1) is 11.7 Å². The van der Waals surface area contributed by atoms with Crippen LogP contribution in [0.2, 0.25) is 0 Å². The van der Waals surface area contributed by atoms with Gasteiger partial charge in [0, 0.05) is 30.2 Å². The fraction of sp³-hybridized carbons (Fsp3) is 0.538. The fourth-order valence-corrected chi connectivity index (χ4v) is 3.65. The van der Waals surface area contributed by atoms with Gasteiger partial charge in [0.25, 0.3) is 0 Å². The van der Waals surface area contributed by atoms with Gasteiger partial charge < -0.3 is 5.73 Å². The number of halogens is 2. The molecular formula is C13H20BrFN2O2S. The van der Waals surface area contributed by atoms with Crippen LogP contribution < -0.4 is 5.73 Å². The Hall–Kier alpha value is -0.500. The van der Waals surface area contributed by atoms with E-state index in [2.05, 4.69) is 15.9 Å². The van der Waals surface area contributed by atoms with Crippen LogP contribution in [0.5, 0.6) is 0 Å². The average Bonchev–Trinajstić information content (AvgIpc) is 2.37. The van der Waals surface area contributed by atoms with E-state index in [0.717, 1.165) is 6.42 Å². The van der Waals surface area contributed by atoms with Crippen LogP contribution >= 0.6 is 15.9 Å². The topological polar surface area (TPSA) is 63.4 Å². The number of benzene rings is 1. The molecule has 0 spiro atoms. The summed E-state index contributed by atoms with van der Waals surface area (Å²) in [5.41, 5.74) is 5.61. The van der Waals surface area contributed by atoms with Gasteiger partial charge in [-0.05, 0) is 24.5 Å². The lowest BCUT2D eigenvalue weighted by Crippen LogP contribution is -2.29. The van der Waals surface area contributed by atoms with E-state index >= 15 is 0 Å². The third-order valence-electron chi connectivity index (χ3n) is 3.01. The molecule has 0 aromatic heterocycles. The molecule has 0 aliphatic heterocycles. The quantitative estimate of drug-likeness (QED) is 0.841. The maximum Gasteiger partial charge on any atom is 0.245 e. The van der Waals surface area contributed by atoms with Crippen LogP contribution in [-0.4, -0.2) is 26.3 Å². The van der Waals surface area contributed by atoms with E-state index in [1.807, 2.05) is 13.8 Å². The molecule has 2 N–H and O–H groups in total. The zero-order chi connectivity index (χ0) is 15.5. The molecule has 1 aromatic carbocycles. The summed E-state index contributed by atoms with van der Waals surface area (Å²) in [6, 6.07) is 2.76. The molecule has 0 atom stereocenters. The molecule has 114 valence electrons. The van der Waals surface area contributed by atoms with Crippen molar-refractivity contribution in [3.05, 3.63) is 28.0 Å². The van der Waals surface area contributed by atoms with Gasteiger partial charge in [-0.2, -0.15) is 0 Å². The smallest absolute Gasteiger partial charge is 0.245 e. The highest BCUT2D eigenvalue weighted by molar-refractivity contribution is 9.10. The van der Waals surface area contributed by atoms with E-state index in [1.165, 1.54) is 23.5 Å². The first-order chi connectivity index (χ1) is 9.20. The van der Waals surface area contributed by atoms with Crippen LogP contribution in [0.25, 0.3) is 0 Å². The van der Waals surface area contributed by atoms with E-state index in [1.54, 1.807) is 0 Å². The lowest BCUT2D eigenvalue weighted by molar-refractivity contribution is 0.424. The minimum atomic E-state index is -3.85. The van der Waals surface area contributed by atoms with Gasteiger partial charge in [-0.1, -0.05) is 29.8 Å². The average molecular weight is 367 g/mol. The van der Waals surface area contributed by atoms with Crippen molar-refractivity contribution < 1.29 is 12.8 Å². The minimum Gasteiger partial charge on any atom is -0.326 e. The SMILES string of the molecule is CC(C)CCN(C)S(=O)(=O)c1cc(Br)cc(CN)c1F. The Morgan fingerprint density at radius 1 is 1.40 bits per heavy atom. The first-order valence-electron chi connectivity index (χ1n) is 6.34. The lowest BCUT2D eigenvalue weighted by atomic mass is 10.1. The summed E-state index contributed by atoms with van der Waals surface area (Å²) in [4.78, 5) is -0.335.